The Morgan fingerprint density at radius 3 is 2.55 bits per heavy atom. The largest absolute Gasteiger partial charge is 0.436 e. The number of hydrogen-bond donors (Lipinski definition) is 1. The average molecular weight is 384 g/mol. The normalized spacial score (nSPS) is 12.1. The minimum absolute atomic E-state index is 0.115. The van der Waals surface area contributed by atoms with Crippen LogP contribution in [0.3, 0.4) is 0 Å². The van der Waals surface area contributed by atoms with Crippen LogP contribution >= 0.6 is 0 Å². The highest BCUT2D eigenvalue weighted by Crippen LogP contribution is 2.28. The Labute approximate surface area is 170 Å². The van der Waals surface area contributed by atoms with E-state index in [2.05, 4.69) is 36.3 Å². The SMILES string of the molecule is CC[C@@H](C)c1ccc2oc(-c3ccc(NC(=O)c4ccccc4C)cc3)nc2c1. The first-order valence-electron chi connectivity index (χ1n) is 9.93. The van der Waals surface area contributed by atoms with E-state index < -0.39 is 0 Å². The van der Waals surface area contributed by atoms with Crippen molar-refractivity contribution in [3.8, 4) is 11.5 Å². The number of hydrogen-bond acceptors (Lipinski definition) is 3. The van der Waals surface area contributed by atoms with Gasteiger partial charge in [-0.2, -0.15) is 0 Å². The summed E-state index contributed by atoms with van der Waals surface area (Å²) >= 11 is 0. The van der Waals surface area contributed by atoms with Gasteiger partial charge in [-0.05, 0) is 72.9 Å². The first-order valence-corrected chi connectivity index (χ1v) is 9.93. The number of aromatic nitrogens is 1. The summed E-state index contributed by atoms with van der Waals surface area (Å²) in [7, 11) is 0. The molecule has 4 nitrogen and oxygen atoms in total. The van der Waals surface area contributed by atoms with Gasteiger partial charge >= 0.3 is 0 Å². The number of nitrogens with zero attached hydrogens (tertiary/aromatic N) is 1. The van der Waals surface area contributed by atoms with E-state index in [1.165, 1.54) is 5.56 Å². The number of fused-ring (bicyclic) bond motifs is 1. The molecule has 0 spiro atoms. The second kappa shape index (κ2) is 7.92. The van der Waals surface area contributed by atoms with Crippen LogP contribution in [0, 0.1) is 6.92 Å². The molecule has 0 aliphatic rings. The molecule has 29 heavy (non-hydrogen) atoms. The van der Waals surface area contributed by atoms with Gasteiger partial charge in [0.15, 0.2) is 5.58 Å². The van der Waals surface area contributed by atoms with Crippen LogP contribution in [-0.2, 0) is 0 Å². The molecule has 4 heteroatoms. The molecule has 0 saturated heterocycles. The average Bonchev–Trinajstić information content (AvgIpc) is 3.17. The van der Waals surface area contributed by atoms with Gasteiger partial charge in [0.1, 0.15) is 5.52 Å². The van der Waals surface area contributed by atoms with Gasteiger partial charge in [0.2, 0.25) is 5.89 Å². The first kappa shape index (κ1) is 18.9. The topological polar surface area (TPSA) is 55.1 Å². The summed E-state index contributed by atoms with van der Waals surface area (Å²) < 4.78 is 5.93. The predicted octanol–water partition coefficient (Wildman–Crippen LogP) is 6.57. The molecule has 0 saturated carbocycles. The van der Waals surface area contributed by atoms with E-state index >= 15 is 0 Å². The molecule has 0 aliphatic carbocycles. The Balaban J connectivity index is 1.54. The number of anilines is 1. The molecule has 4 aromatic rings. The maximum atomic E-state index is 12.5. The number of carbonyl (C=O) groups excluding carboxylic acids is 1. The van der Waals surface area contributed by atoms with E-state index in [1.54, 1.807) is 0 Å². The van der Waals surface area contributed by atoms with Gasteiger partial charge in [0.25, 0.3) is 5.91 Å². The third-order valence-electron chi connectivity index (χ3n) is 5.37. The van der Waals surface area contributed by atoms with Crippen molar-refractivity contribution in [3.05, 3.63) is 83.4 Å². The standard InChI is InChI=1S/C25H24N2O2/c1-4-16(2)19-11-14-23-22(15-19)27-25(29-23)18-9-12-20(13-10-18)26-24(28)21-8-6-5-7-17(21)3/h5-16H,4H2,1-3H3,(H,26,28)/t16-/m1/s1. The van der Waals surface area contributed by atoms with Crippen molar-refractivity contribution in [1.29, 1.82) is 0 Å². The summed E-state index contributed by atoms with van der Waals surface area (Å²) in [5.74, 6) is 0.962. The number of aryl methyl sites for hydroxylation is 1. The minimum atomic E-state index is -0.115. The second-order valence-electron chi connectivity index (χ2n) is 7.40. The van der Waals surface area contributed by atoms with Gasteiger partial charge in [-0.1, -0.05) is 38.1 Å². The van der Waals surface area contributed by atoms with Gasteiger partial charge < -0.3 is 9.73 Å². The van der Waals surface area contributed by atoms with Crippen molar-refractivity contribution >= 4 is 22.7 Å². The summed E-state index contributed by atoms with van der Waals surface area (Å²) in [6, 6.07) is 21.3. The lowest BCUT2D eigenvalue weighted by atomic mass is 9.98. The summed E-state index contributed by atoms with van der Waals surface area (Å²) in [4.78, 5) is 17.1. The molecule has 4 rings (SSSR count). The van der Waals surface area contributed by atoms with Crippen LogP contribution in [0.5, 0.6) is 0 Å². The lowest BCUT2D eigenvalue weighted by Gasteiger charge is -2.07. The summed E-state index contributed by atoms with van der Waals surface area (Å²) in [6.07, 6.45) is 1.09. The highest BCUT2D eigenvalue weighted by molar-refractivity contribution is 6.05. The van der Waals surface area contributed by atoms with Crippen molar-refractivity contribution in [2.24, 2.45) is 0 Å². The summed E-state index contributed by atoms with van der Waals surface area (Å²) in [6.45, 7) is 6.33. The zero-order valence-corrected chi connectivity index (χ0v) is 16.9. The molecule has 1 heterocycles. The fraction of sp³-hybridized carbons (Fsp3) is 0.200. The zero-order valence-electron chi connectivity index (χ0n) is 16.9. The van der Waals surface area contributed by atoms with Crippen LogP contribution in [0.1, 0.15) is 47.7 Å². The fourth-order valence-electron chi connectivity index (χ4n) is 3.33. The van der Waals surface area contributed by atoms with Crippen molar-refractivity contribution in [2.75, 3.05) is 5.32 Å². The van der Waals surface area contributed by atoms with E-state index in [0.717, 1.165) is 34.3 Å². The van der Waals surface area contributed by atoms with Gasteiger partial charge in [-0.15, -0.1) is 0 Å². The van der Waals surface area contributed by atoms with Crippen molar-refractivity contribution in [1.82, 2.24) is 4.98 Å². The number of rotatable bonds is 5. The van der Waals surface area contributed by atoms with Gasteiger partial charge in [-0.3, -0.25) is 4.79 Å². The number of benzene rings is 3. The molecule has 0 radical (unpaired) electrons. The van der Waals surface area contributed by atoms with Gasteiger partial charge in [-0.25, -0.2) is 4.98 Å². The molecule has 3 aromatic carbocycles. The third kappa shape index (κ3) is 3.92. The Morgan fingerprint density at radius 2 is 1.83 bits per heavy atom. The van der Waals surface area contributed by atoms with Gasteiger partial charge in [0, 0.05) is 16.8 Å². The van der Waals surface area contributed by atoms with Crippen LogP contribution in [0.2, 0.25) is 0 Å². The van der Waals surface area contributed by atoms with E-state index in [1.807, 2.05) is 61.5 Å². The van der Waals surface area contributed by atoms with Crippen LogP contribution in [0.15, 0.2) is 71.1 Å². The molecule has 0 aliphatic heterocycles. The maximum absolute atomic E-state index is 12.5. The number of nitrogens with one attached hydrogen (secondary N) is 1. The van der Waals surface area contributed by atoms with Crippen LogP contribution < -0.4 is 5.32 Å². The zero-order chi connectivity index (χ0) is 20.4. The first-order chi connectivity index (χ1) is 14.0. The van der Waals surface area contributed by atoms with Crippen LogP contribution in [0.25, 0.3) is 22.6 Å². The van der Waals surface area contributed by atoms with E-state index in [9.17, 15) is 4.79 Å². The molecule has 0 unspecified atom stereocenters. The van der Waals surface area contributed by atoms with E-state index in [4.69, 9.17) is 4.42 Å². The van der Waals surface area contributed by atoms with Gasteiger partial charge in [0.05, 0.1) is 0 Å². The maximum Gasteiger partial charge on any atom is 0.255 e. The number of oxazole rings is 1. The monoisotopic (exact) mass is 384 g/mol. The molecule has 1 amide bonds. The molecular formula is C25H24N2O2. The minimum Gasteiger partial charge on any atom is -0.436 e. The quantitative estimate of drug-likeness (QED) is 0.423. The molecule has 1 atom stereocenters. The van der Waals surface area contributed by atoms with E-state index in [-0.39, 0.29) is 5.91 Å². The van der Waals surface area contributed by atoms with Crippen LogP contribution in [0.4, 0.5) is 5.69 Å². The molecule has 0 fully saturated rings. The Morgan fingerprint density at radius 1 is 1.07 bits per heavy atom. The second-order valence-corrected chi connectivity index (χ2v) is 7.40. The Kier molecular flexibility index (Phi) is 5.17. The van der Waals surface area contributed by atoms with E-state index in [0.29, 0.717) is 17.4 Å². The summed E-state index contributed by atoms with van der Waals surface area (Å²) in [5, 5.41) is 2.94. The predicted molar refractivity (Wildman–Crippen MR) is 117 cm³/mol. The van der Waals surface area contributed by atoms with Crippen molar-refractivity contribution in [3.63, 3.8) is 0 Å². The number of carbonyl (C=O) groups is 1. The fourth-order valence-corrected chi connectivity index (χ4v) is 3.33. The highest BCUT2D eigenvalue weighted by atomic mass is 16.3. The Bertz CT molecular complexity index is 1160. The smallest absolute Gasteiger partial charge is 0.255 e. The third-order valence-corrected chi connectivity index (χ3v) is 5.37. The molecule has 1 aromatic heterocycles. The van der Waals surface area contributed by atoms with Crippen molar-refractivity contribution in [2.45, 2.75) is 33.1 Å². The lowest BCUT2D eigenvalue weighted by Crippen LogP contribution is -2.13. The van der Waals surface area contributed by atoms with Crippen molar-refractivity contribution < 1.29 is 9.21 Å². The number of amides is 1. The molecule has 1 N–H and O–H groups in total. The highest BCUT2D eigenvalue weighted by Gasteiger charge is 2.12. The Hall–Kier alpha value is -3.40. The molecular weight excluding hydrogens is 360 g/mol. The lowest BCUT2D eigenvalue weighted by molar-refractivity contribution is 0.102. The molecule has 0 bridgehead atoms. The summed E-state index contributed by atoms with van der Waals surface area (Å²) in [5.41, 5.74) is 6.16. The van der Waals surface area contributed by atoms with Crippen LogP contribution in [-0.4, -0.2) is 10.9 Å². The molecule has 146 valence electrons.